The summed E-state index contributed by atoms with van der Waals surface area (Å²) in [7, 11) is 0. The first-order valence-electron chi connectivity index (χ1n) is 7.72. The van der Waals surface area contributed by atoms with Crippen LogP contribution in [0.5, 0.6) is 0 Å². The van der Waals surface area contributed by atoms with Gasteiger partial charge in [-0.1, -0.05) is 18.2 Å². The number of benzene rings is 1. The number of hydrogen-bond acceptors (Lipinski definition) is 6. The van der Waals surface area contributed by atoms with Gasteiger partial charge in [-0.25, -0.2) is 4.79 Å². The van der Waals surface area contributed by atoms with Crippen LogP contribution in [-0.2, 0) is 28.6 Å². The predicted octanol–water partition coefficient (Wildman–Crippen LogP) is 0.790. The summed E-state index contributed by atoms with van der Waals surface area (Å²) >= 11 is 0. The molecule has 2 N–H and O–H groups in total. The largest absolute Gasteiger partial charge is 0.493 e. The zero-order chi connectivity index (χ0) is 18.2. The van der Waals surface area contributed by atoms with Gasteiger partial charge in [0.05, 0.1) is 6.54 Å². The molecule has 0 bridgehead atoms. The maximum Gasteiger partial charge on any atom is 0.377 e. The summed E-state index contributed by atoms with van der Waals surface area (Å²) in [5, 5.41) is 5.12. The lowest BCUT2D eigenvalue weighted by Crippen LogP contribution is -2.36. The molecule has 0 saturated carbocycles. The Kier molecular flexibility index (Phi) is 6.39. The Labute approximate surface area is 145 Å². The second kappa shape index (κ2) is 8.72. The fourth-order valence-corrected chi connectivity index (χ4v) is 2.10. The summed E-state index contributed by atoms with van der Waals surface area (Å²) < 4.78 is 14.7. The van der Waals surface area contributed by atoms with E-state index in [0.29, 0.717) is 6.61 Å². The number of hydrogen-bond donors (Lipinski definition) is 2. The van der Waals surface area contributed by atoms with Crippen molar-refractivity contribution in [3.63, 3.8) is 0 Å². The van der Waals surface area contributed by atoms with Gasteiger partial charge in [-0.3, -0.25) is 9.59 Å². The van der Waals surface area contributed by atoms with Crippen molar-refractivity contribution in [3.8, 4) is 0 Å². The fraction of sp³-hybridized carbons (Fsp3) is 0.353. The first-order chi connectivity index (χ1) is 12.0. The van der Waals surface area contributed by atoms with Crippen molar-refractivity contribution in [2.24, 2.45) is 0 Å². The number of nitrogens with one attached hydrogen (secondary N) is 2. The van der Waals surface area contributed by atoms with E-state index in [1.54, 1.807) is 0 Å². The van der Waals surface area contributed by atoms with E-state index in [1.165, 1.54) is 0 Å². The fourth-order valence-electron chi connectivity index (χ4n) is 2.10. The van der Waals surface area contributed by atoms with Crippen molar-refractivity contribution in [2.75, 3.05) is 31.7 Å². The topological polar surface area (TPSA) is 103 Å². The van der Waals surface area contributed by atoms with Gasteiger partial charge >= 0.3 is 5.97 Å². The summed E-state index contributed by atoms with van der Waals surface area (Å²) in [5.74, 6) is -1.85. The number of aryl methyl sites for hydroxylation is 2. The molecule has 8 nitrogen and oxygen atoms in total. The van der Waals surface area contributed by atoms with E-state index in [1.807, 2.05) is 32.0 Å². The molecule has 0 aromatic heterocycles. The van der Waals surface area contributed by atoms with Gasteiger partial charge in [-0.05, 0) is 25.0 Å². The lowest BCUT2D eigenvalue weighted by atomic mass is 10.1. The lowest BCUT2D eigenvalue weighted by Gasteiger charge is -2.14. The normalized spacial score (nSPS) is 13.0. The molecule has 0 spiro atoms. The minimum Gasteiger partial charge on any atom is -0.493 e. The standard InChI is InChI=1S/C17H20N2O6/c1-11-4-3-5-12(2)16(11)19-14(20)8-18-15(21)10-25-17(22)13-9-23-6-7-24-13/h3-5,9H,6-8,10H2,1-2H3,(H,18,21)(H,19,20). The molecule has 0 fully saturated rings. The highest BCUT2D eigenvalue weighted by molar-refractivity contribution is 5.96. The van der Waals surface area contributed by atoms with Crippen LogP contribution < -0.4 is 10.6 Å². The van der Waals surface area contributed by atoms with E-state index < -0.39 is 18.5 Å². The third kappa shape index (κ3) is 5.52. The lowest BCUT2D eigenvalue weighted by molar-refractivity contribution is -0.149. The minimum atomic E-state index is -0.796. The molecule has 1 aliphatic rings. The zero-order valence-electron chi connectivity index (χ0n) is 14.1. The van der Waals surface area contributed by atoms with E-state index in [-0.39, 0.29) is 24.8 Å². The van der Waals surface area contributed by atoms with Crippen LogP contribution in [-0.4, -0.2) is 44.1 Å². The third-order valence-electron chi connectivity index (χ3n) is 3.38. The average molecular weight is 348 g/mol. The summed E-state index contributed by atoms with van der Waals surface area (Å²) in [6.07, 6.45) is 1.14. The molecule has 0 saturated heterocycles. The average Bonchev–Trinajstić information content (AvgIpc) is 2.62. The SMILES string of the molecule is Cc1cccc(C)c1NC(=O)CNC(=O)COC(=O)C1=COCCO1. The number of para-hydroxylation sites is 1. The van der Waals surface area contributed by atoms with Crippen molar-refractivity contribution in [2.45, 2.75) is 13.8 Å². The van der Waals surface area contributed by atoms with E-state index in [0.717, 1.165) is 23.1 Å². The van der Waals surface area contributed by atoms with Gasteiger partial charge in [0, 0.05) is 5.69 Å². The van der Waals surface area contributed by atoms with Gasteiger partial charge in [0.1, 0.15) is 19.5 Å². The van der Waals surface area contributed by atoms with Crippen LogP contribution in [0.15, 0.2) is 30.2 Å². The third-order valence-corrected chi connectivity index (χ3v) is 3.38. The van der Waals surface area contributed by atoms with E-state index in [2.05, 4.69) is 10.6 Å². The highest BCUT2D eigenvalue weighted by atomic mass is 16.6. The van der Waals surface area contributed by atoms with Crippen LogP contribution in [0.25, 0.3) is 0 Å². The van der Waals surface area contributed by atoms with Crippen molar-refractivity contribution >= 4 is 23.5 Å². The Morgan fingerprint density at radius 2 is 1.84 bits per heavy atom. The van der Waals surface area contributed by atoms with Crippen LogP contribution in [0.3, 0.4) is 0 Å². The summed E-state index contributed by atoms with van der Waals surface area (Å²) in [6.45, 7) is 3.61. The summed E-state index contributed by atoms with van der Waals surface area (Å²) in [4.78, 5) is 35.2. The number of carbonyl (C=O) groups excluding carboxylic acids is 3. The number of anilines is 1. The maximum absolute atomic E-state index is 11.9. The van der Waals surface area contributed by atoms with Crippen molar-refractivity contribution < 1.29 is 28.6 Å². The van der Waals surface area contributed by atoms with Crippen LogP contribution in [0.2, 0.25) is 0 Å². The molecule has 134 valence electrons. The molecule has 1 heterocycles. The van der Waals surface area contributed by atoms with Crippen molar-refractivity contribution in [1.29, 1.82) is 0 Å². The molecule has 1 aliphatic heterocycles. The Bertz CT molecular complexity index is 678. The van der Waals surface area contributed by atoms with Crippen LogP contribution in [0, 0.1) is 13.8 Å². The molecule has 0 atom stereocenters. The monoisotopic (exact) mass is 348 g/mol. The number of rotatable bonds is 6. The molecule has 0 unspecified atom stereocenters. The molecule has 0 radical (unpaired) electrons. The zero-order valence-corrected chi connectivity index (χ0v) is 14.1. The molecule has 0 aliphatic carbocycles. The summed E-state index contributed by atoms with van der Waals surface area (Å²) in [5.41, 5.74) is 2.57. The van der Waals surface area contributed by atoms with Gasteiger partial charge < -0.3 is 24.8 Å². The van der Waals surface area contributed by atoms with Gasteiger partial charge in [0.25, 0.3) is 5.91 Å². The van der Waals surface area contributed by atoms with Gasteiger partial charge in [0.15, 0.2) is 6.61 Å². The smallest absolute Gasteiger partial charge is 0.377 e. The first kappa shape index (κ1) is 18.3. The van der Waals surface area contributed by atoms with Gasteiger partial charge in [-0.15, -0.1) is 0 Å². The molecule has 25 heavy (non-hydrogen) atoms. The van der Waals surface area contributed by atoms with Crippen LogP contribution in [0.1, 0.15) is 11.1 Å². The Hall–Kier alpha value is -3.03. The minimum absolute atomic E-state index is 0.0909. The second-order valence-corrected chi connectivity index (χ2v) is 5.37. The predicted molar refractivity (Wildman–Crippen MR) is 88.5 cm³/mol. The van der Waals surface area contributed by atoms with E-state index in [4.69, 9.17) is 14.2 Å². The molecule has 2 amide bonds. The van der Waals surface area contributed by atoms with Gasteiger partial charge in [0.2, 0.25) is 11.7 Å². The second-order valence-electron chi connectivity index (χ2n) is 5.37. The highest BCUT2D eigenvalue weighted by Crippen LogP contribution is 2.18. The number of ether oxygens (including phenoxy) is 3. The molecular formula is C17H20N2O6. The van der Waals surface area contributed by atoms with Crippen molar-refractivity contribution in [1.82, 2.24) is 5.32 Å². The molecular weight excluding hydrogens is 328 g/mol. The van der Waals surface area contributed by atoms with E-state index >= 15 is 0 Å². The highest BCUT2D eigenvalue weighted by Gasteiger charge is 2.18. The van der Waals surface area contributed by atoms with Crippen LogP contribution >= 0.6 is 0 Å². The Balaban J connectivity index is 1.73. The van der Waals surface area contributed by atoms with Crippen molar-refractivity contribution in [3.05, 3.63) is 41.3 Å². The number of esters is 1. The van der Waals surface area contributed by atoms with E-state index in [9.17, 15) is 14.4 Å². The molecule has 8 heteroatoms. The summed E-state index contributed by atoms with van der Waals surface area (Å²) in [6, 6.07) is 5.66. The first-order valence-corrected chi connectivity index (χ1v) is 7.72. The Morgan fingerprint density at radius 3 is 2.48 bits per heavy atom. The number of amides is 2. The maximum atomic E-state index is 11.9. The van der Waals surface area contributed by atoms with Crippen LogP contribution in [0.4, 0.5) is 5.69 Å². The Morgan fingerprint density at radius 1 is 1.12 bits per heavy atom. The quantitative estimate of drug-likeness (QED) is 0.737. The molecule has 1 aromatic rings. The molecule has 2 rings (SSSR count). The van der Waals surface area contributed by atoms with Gasteiger partial charge in [-0.2, -0.15) is 0 Å². The number of carbonyl (C=O) groups is 3. The molecule has 1 aromatic carbocycles.